The van der Waals surface area contributed by atoms with Gasteiger partial charge >= 0.3 is 5.97 Å². The lowest BCUT2D eigenvalue weighted by atomic mass is 10.1. The van der Waals surface area contributed by atoms with Crippen LogP contribution in [-0.2, 0) is 9.53 Å². The van der Waals surface area contributed by atoms with E-state index >= 15 is 0 Å². The summed E-state index contributed by atoms with van der Waals surface area (Å²) in [4.78, 5) is 15.2. The maximum absolute atomic E-state index is 11.2. The molecule has 0 saturated heterocycles. The molecular formula is C17H17NO3. The van der Waals surface area contributed by atoms with E-state index in [1.54, 1.807) is 19.3 Å². The number of aromatic nitrogens is 1. The van der Waals surface area contributed by atoms with Crippen LogP contribution in [0.1, 0.15) is 18.1 Å². The molecule has 4 nitrogen and oxygen atoms in total. The van der Waals surface area contributed by atoms with E-state index in [0.29, 0.717) is 12.4 Å². The second-order valence-corrected chi connectivity index (χ2v) is 4.28. The fourth-order valence-corrected chi connectivity index (χ4v) is 1.69. The van der Waals surface area contributed by atoms with Crippen LogP contribution in [0.25, 0.3) is 12.2 Å². The van der Waals surface area contributed by atoms with E-state index in [1.165, 1.54) is 0 Å². The van der Waals surface area contributed by atoms with E-state index in [4.69, 9.17) is 9.47 Å². The summed E-state index contributed by atoms with van der Waals surface area (Å²) >= 11 is 0. The number of pyridine rings is 1. The van der Waals surface area contributed by atoms with E-state index in [-0.39, 0.29) is 12.6 Å². The maximum atomic E-state index is 11.2. The van der Waals surface area contributed by atoms with Gasteiger partial charge in [0.05, 0.1) is 6.61 Å². The molecule has 0 aliphatic heterocycles. The Balaban J connectivity index is 1.90. The monoisotopic (exact) mass is 283 g/mol. The van der Waals surface area contributed by atoms with Gasteiger partial charge in [0.25, 0.3) is 0 Å². The molecule has 0 saturated carbocycles. The Morgan fingerprint density at radius 3 is 2.29 bits per heavy atom. The van der Waals surface area contributed by atoms with Gasteiger partial charge in [-0.3, -0.25) is 4.98 Å². The molecule has 0 atom stereocenters. The molecule has 0 spiro atoms. The first kappa shape index (κ1) is 14.8. The molecule has 0 fully saturated rings. The van der Waals surface area contributed by atoms with E-state index in [2.05, 4.69) is 4.98 Å². The number of rotatable bonds is 6. The second-order valence-electron chi connectivity index (χ2n) is 4.28. The van der Waals surface area contributed by atoms with Crippen molar-refractivity contribution in [2.24, 2.45) is 0 Å². The molecule has 4 heteroatoms. The first-order valence-corrected chi connectivity index (χ1v) is 6.74. The smallest absolute Gasteiger partial charge is 0.344 e. The largest absolute Gasteiger partial charge is 0.482 e. The normalized spacial score (nSPS) is 10.5. The van der Waals surface area contributed by atoms with Gasteiger partial charge in [-0.15, -0.1) is 0 Å². The molecule has 0 amide bonds. The van der Waals surface area contributed by atoms with Crippen LogP contribution in [0, 0.1) is 0 Å². The van der Waals surface area contributed by atoms with Crippen molar-refractivity contribution in [1.82, 2.24) is 4.98 Å². The first-order valence-electron chi connectivity index (χ1n) is 6.74. The predicted molar refractivity (Wildman–Crippen MR) is 81.7 cm³/mol. The Bertz CT molecular complexity index is 591. The van der Waals surface area contributed by atoms with Crippen molar-refractivity contribution in [2.75, 3.05) is 13.2 Å². The zero-order chi connectivity index (χ0) is 14.9. The van der Waals surface area contributed by atoms with E-state index in [1.807, 2.05) is 48.6 Å². The molecule has 2 rings (SSSR count). The zero-order valence-electron chi connectivity index (χ0n) is 11.9. The summed E-state index contributed by atoms with van der Waals surface area (Å²) in [5.74, 6) is 0.281. The fraction of sp³-hybridized carbons (Fsp3) is 0.176. The number of benzene rings is 1. The third kappa shape index (κ3) is 5.10. The van der Waals surface area contributed by atoms with E-state index in [9.17, 15) is 4.79 Å². The van der Waals surface area contributed by atoms with Crippen LogP contribution >= 0.6 is 0 Å². The number of carbonyl (C=O) groups excluding carboxylic acids is 1. The molecule has 0 radical (unpaired) electrons. The van der Waals surface area contributed by atoms with Gasteiger partial charge in [0.2, 0.25) is 0 Å². The quantitative estimate of drug-likeness (QED) is 0.764. The minimum absolute atomic E-state index is 0.0694. The summed E-state index contributed by atoms with van der Waals surface area (Å²) < 4.78 is 10.1. The minimum Gasteiger partial charge on any atom is -0.482 e. The lowest BCUT2D eigenvalue weighted by molar-refractivity contribution is -0.145. The number of nitrogens with zero attached hydrogens (tertiary/aromatic N) is 1. The summed E-state index contributed by atoms with van der Waals surface area (Å²) in [6, 6.07) is 11.4. The van der Waals surface area contributed by atoms with Crippen LogP contribution in [0.2, 0.25) is 0 Å². The average molecular weight is 283 g/mol. The highest BCUT2D eigenvalue weighted by Crippen LogP contribution is 2.14. The van der Waals surface area contributed by atoms with Crippen molar-refractivity contribution < 1.29 is 14.3 Å². The molecule has 2 aromatic rings. The highest BCUT2D eigenvalue weighted by molar-refractivity contribution is 5.71. The van der Waals surface area contributed by atoms with Crippen LogP contribution in [0.15, 0.2) is 48.8 Å². The predicted octanol–water partition coefficient (Wildman–Crippen LogP) is 3.19. The number of hydrogen-bond donors (Lipinski definition) is 0. The summed E-state index contributed by atoms with van der Waals surface area (Å²) in [7, 11) is 0. The Morgan fingerprint density at radius 1 is 1.05 bits per heavy atom. The SMILES string of the molecule is CCOC(=O)COc1ccc(/C=C/c2ccncc2)cc1. The van der Waals surface area contributed by atoms with Crippen molar-refractivity contribution in [3.63, 3.8) is 0 Å². The zero-order valence-corrected chi connectivity index (χ0v) is 11.9. The van der Waals surface area contributed by atoms with Crippen LogP contribution < -0.4 is 4.74 Å². The van der Waals surface area contributed by atoms with Gasteiger partial charge < -0.3 is 9.47 Å². The molecule has 0 bridgehead atoms. The number of carbonyl (C=O) groups is 1. The molecule has 0 N–H and O–H groups in total. The van der Waals surface area contributed by atoms with Gasteiger partial charge in [0.1, 0.15) is 5.75 Å². The van der Waals surface area contributed by atoms with Crippen LogP contribution in [-0.4, -0.2) is 24.2 Å². The third-order valence-electron chi connectivity index (χ3n) is 2.72. The third-order valence-corrected chi connectivity index (χ3v) is 2.72. The Kier molecular flexibility index (Phi) is 5.52. The Labute approximate surface area is 124 Å². The van der Waals surface area contributed by atoms with Gasteiger partial charge in [-0.05, 0) is 42.3 Å². The molecule has 1 aromatic carbocycles. The van der Waals surface area contributed by atoms with Gasteiger partial charge in [-0.2, -0.15) is 0 Å². The highest BCUT2D eigenvalue weighted by Gasteiger charge is 2.02. The minimum atomic E-state index is -0.362. The van der Waals surface area contributed by atoms with E-state index < -0.39 is 0 Å². The lowest BCUT2D eigenvalue weighted by Crippen LogP contribution is -2.14. The molecule has 21 heavy (non-hydrogen) atoms. The molecule has 0 aliphatic carbocycles. The molecule has 0 aliphatic rings. The second kappa shape index (κ2) is 7.85. The van der Waals surface area contributed by atoms with Gasteiger partial charge in [-0.1, -0.05) is 24.3 Å². The Morgan fingerprint density at radius 2 is 1.67 bits per heavy atom. The van der Waals surface area contributed by atoms with Gasteiger partial charge in [-0.25, -0.2) is 4.79 Å². The Hall–Kier alpha value is -2.62. The van der Waals surface area contributed by atoms with Crippen molar-refractivity contribution in [1.29, 1.82) is 0 Å². The fourth-order valence-electron chi connectivity index (χ4n) is 1.69. The van der Waals surface area contributed by atoms with Crippen molar-refractivity contribution in [2.45, 2.75) is 6.92 Å². The van der Waals surface area contributed by atoms with Crippen LogP contribution in [0.5, 0.6) is 5.75 Å². The highest BCUT2D eigenvalue weighted by atomic mass is 16.6. The summed E-state index contributed by atoms with van der Waals surface area (Å²) in [6.07, 6.45) is 7.53. The van der Waals surface area contributed by atoms with Crippen LogP contribution in [0.4, 0.5) is 0 Å². The lowest BCUT2D eigenvalue weighted by Gasteiger charge is -2.05. The van der Waals surface area contributed by atoms with Crippen molar-refractivity contribution >= 4 is 18.1 Å². The maximum Gasteiger partial charge on any atom is 0.344 e. The molecule has 0 unspecified atom stereocenters. The molecule has 108 valence electrons. The summed E-state index contributed by atoms with van der Waals surface area (Å²) in [5, 5.41) is 0. The van der Waals surface area contributed by atoms with Gasteiger partial charge in [0, 0.05) is 12.4 Å². The first-order chi connectivity index (χ1) is 10.3. The number of esters is 1. The number of hydrogen-bond acceptors (Lipinski definition) is 4. The molecule has 1 aromatic heterocycles. The van der Waals surface area contributed by atoms with Crippen molar-refractivity contribution in [3.05, 3.63) is 59.9 Å². The van der Waals surface area contributed by atoms with Gasteiger partial charge in [0.15, 0.2) is 6.61 Å². The topological polar surface area (TPSA) is 48.4 Å². The summed E-state index contributed by atoms with van der Waals surface area (Å²) in [5.41, 5.74) is 2.14. The summed E-state index contributed by atoms with van der Waals surface area (Å²) in [6.45, 7) is 2.06. The molecular weight excluding hydrogens is 266 g/mol. The van der Waals surface area contributed by atoms with Crippen molar-refractivity contribution in [3.8, 4) is 5.75 Å². The van der Waals surface area contributed by atoms with Crippen LogP contribution in [0.3, 0.4) is 0 Å². The van der Waals surface area contributed by atoms with E-state index in [0.717, 1.165) is 11.1 Å². The average Bonchev–Trinajstić information content (AvgIpc) is 2.53. The molecule has 1 heterocycles. The number of ether oxygens (including phenoxy) is 2. The standard InChI is InChI=1S/C17H17NO3/c1-2-20-17(19)13-21-16-7-5-14(6-8-16)3-4-15-9-11-18-12-10-15/h3-12H,2,13H2,1H3/b4-3+.